The highest BCUT2D eigenvalue weighted by Crippen LogP contribution is 2.37. The van der Waals surface area contributed by atoms with Crippen LogP contribution in [-0.2, 0) is 10.0 Å². The number of non-ortho nitro benzene ring substituents is 1. The zero-order valence-corrected chi connectivity index (χ0v) is 14.6. The summed E-state index contributed by atoms with van der Waals surface area (Å²) >= 11 is 0. The Kier molecular flexibility index (Phi) is 4.20. The molecule has 0 fully saturated rings. The van der Waals surface area contributed by atoms with Gasteiger partial charge in [0.1, 0.15) is 0 Å². The van der Waals surface area contributed by atoms with Crippen molar-refractivity contribution < 1.29 is 18.4 Å². The predicted octanol–water partition coefficient (Wildman–Crippen LogP) is 3.87. The molecule has 1 aromatic heterocycles. The highest BCUT2D eigenvalue weighted by atomic mass is 32.2. The summed E-state index contributed by atoms with van der Waals surface area (Å²) in [7, 11) is -4.10. The summed E-state index contributed by atoms with van der Waals surface area (Å²) in [4.78, 5) is 12.9. The van der Waals surface area contributed by atoms with Crippen LogP contribution in [0.15, 0.2) is 50.9 Å². The molecule has 0 atom stereocenters. The molecule has 0 bridgehead atoms. The molecule has 26 heavy (non-hydrogen) atoms. The van der Waals surface area contributed by atoms with Gasteiger partial charge in [-0.2, -0.15) is 8.42 Å². The van der Waals surface area contributed by atoms with E-state index in [1.807, 2.05) is 0 Å². The number of nitrogens with one attached hydrogen (secondary N) is 1. The maximum atomic E-state index is 12.5. The lowest BCUT2D eigenvalue weighted by atomic mass is 10.2. The molecule has 2 aromatic carbocycles. The third kappa shape index (κ3) is 3.14. The Labute approximate surface area is 148 Å². The number of nitro groups is 1. The van der Waals surface area contributed by atoms with E-state index < -0.39 is 20.8 Å². The zero-order valence-electron chi connectivity index (χ0n) is 13.8. The van der Waals surface area contributed by atoms with Crippen molar-refractivity contribution in [2.24, 2.45) is 9.63 Å². The molecular formula is C16H14N4O5S. The first-order valence-corrected chi connectivity index (χ1v) is 8.87. The summed E-state index contributed by atoms with van der Waals surface area (Å²) in [5.74, 6) is -0.430. The molecule has 134 valence electrons. The minimum Gasteiger partial charge on any atom is -0.493 e. The van der Waals surface area contributed by atoms with Crippen molar-refractivity contribution in [3.8, 4) is 5.88 Å². The van der Waals surface area contributed by atoms with Crippen LogP contribution in [0.2, 0.25) is 0 Å². The molecule has 0 aliphatic carbocycles. The van der Waals surface area contributed by atoms with Gasteiger partial charge in [0, 0.05) is 17.5 Å². The van der Waals surface area contributed by atoms with Gasteiger partial charge in [-0.3, -0.25) is 10.1 Å². The highest BCUT2D eigenvalue weighted by Gasteiger charge is 2.19. The lowest BCUT2D eigenvalue weighted by Crippen LogP contribution is -1.99. The van der Waals surface area contributed by atoms with Crippen LogP contribution in [0, 0.1) is 24.0 Å². The molecule has 1 heterocycles. The quantitative estimate of drug-likeness (QED) is 0.405. The average molecular weight is 374 g/mol. The van der Waals surface area contributed by atoms with E-state index in [0.717, 1.165) is 5.56 Å². The standard InChI is InChI=1S/C16H14N4O5S/c1-9-3-4-10(2)14(7-9)26(24,25)19-18-15-12-8-11(20(22)23)5-6-13(12)17-16(15)21/h3-8,17,21H,1-2H3. The Balaban J connectivity index is 2.10. The van der Waals surface area contributed by atoms with Crippen molar-refractivity contribution in [1.82, 2.24) is 4.98 Å². The monoisotopic (exact) mass is 374 g/mol. The Morgan fingerprint density at radius 2 is 1.88 bits per heavy atom. The third-order valence-corrected chi connectivity index (χ3v) is 5.11. The van der Waals surface area contributed by atoms with E-state index in [2.05, 4.69) is 14.6 Å². The number of sulfonamides is 1. The number of fused-ring (bicyclic) bond motifs is 1. The summed E-state index contributed by atoms with van der Waals surface area (Å²) in [6, 6.07) is 8.74. The molecule has 3 rings (SSSR count). The van der Waals surface area contributed by atoms with Gasteiger partial charge in [-0.1, -0.05) is 16.7 Å². The van der Waals surface area contributed by atoms with Crippen LogP contribution in [0.25, 0.3) is 10.9 Å². The van der Waals surface area contributed by atoms with Gasteiger partial charge in [-0.05, 0) is 37.1 Å². The van der Waals surface area contributed by atoms with Crippen molar-refractivity contribution in [3.63, 3.8) is 0 Å². The van der Waals surface area contributed by atoms with Crippen LogP contribution < -0.4 is 0 Å². The normalized spacial score (nSPS) is 12.1. The first kappa shape index (κ1) is 17.5. The van der Waals surface area contributed by atoms with Crippen molar-refractivity contribution in [2.45, 2.75) is 18.7 Å². The van der Waals surface area contributed by atoms with E-state index in [0.29, 0.717) is 11.1 Å². The summed E-state index contributed by atoms with van der Waals surface area (Å²) < 4.78 is 28.3. The average Bonchev–Trinajstić information content (AvgIpc) is 2.89. The van der Waals surface area contributed by atoms with Gasteiger partial charge >= 0.3 is 0 Å². The molecule has 9 nitrogen and oxygen atoms in total. The largest absolute Gasteiger partial charge is 0.493 e. The summed E-state index contributed by atoms with van der Waals surface area (Å²) in [6.07, 6.45) is 0. The van der Waals surface area contributed by atoms with E-state index in [4.69, 9.17) is 0 Å². The van der Waals surface area contributed by atoms with Crippen LogP contribution in [0.4, 0.5) is 11.4 Å². The third-order valence-electron chi connectivity index (χ3n) is 3.82. The molecule has 3 aromatic rings. The summed E-state index contributed by atoms with van der Waals surface area (Å²) in [5.41, 5.74) is 1.22. The van der Waals surface area contributed by atoms with E-state index >= 15 is 0 Å². The second kappa shape index (κ2) is 6.23. The number of rotatable bonds is 4. The molecule has 0 aliphatic rings. The first-order chi connectivity index (χ1) is 12.2. The van der Waals surface area contributed by atoms with Gasteiger partial charge in [-0.15, -0.1) is 5.11 Å². The van der Waals surface area contributed by atoms with Crippen molar-refractivity contribution in [2.75, 3.05) is 0 Å². The number of H-pyrrole nitrogens is 1. The minimum atomic E-state index is -4.10. The lowest BCUT2D eigenvalue weighted by molar-refractivity contribution is -0.384. The Morgan fingerprint density at radius 3 is 2.58 bits per heavy atom. The van der Waals surface area contributed by atoms with Gasteiger partial charge in [0.2, 0.25) is 5.88 Å². The molecule has 0 saturated carbocycles. The van der Waals surface area contributed by atoms with E-state index in [1.54, 1.807) is 26.0 Å². The van der Waals surface area contributed by atoms with Gasteiger partial charge in [0.05, 0.1) is 15.3 Å². The SMILES string of the molecule is Cc1ccc(C)c(S(=O)(=O)N=Nc2c(O)[nH]c3ccc([N+](=O)[O-])cc23)c1. The number of hydrogen-bond donors (Lipinski definition) is 2. The van der Waals surface area contributed by atoms with Crippen molar-refractivity contribution in [3.05, 3.63) is 57.6 Å². The smallest absolute Gasteiger partial charge is 0.300 e. The fourth-order valence-electron chi connectivity index (χ4n) is 2.49. The van der Waals surface area contributed by atoms with Crippen molar-refractivity contribution in [1.29, 1.82) is 0 Å². The highest BCUT2D eigenvalue weighted by molar-refractivity contribution is 7.90. The van der Waals surface area contributed by atoms with E-state index in [-0.39, 0.29) is 21.7 Å². The second-order valence-corrected chi connectivity index (χ2v) is 7.29. The Bertz CT molecular complexity index is 1160. The van der Waals surface area contributed by atoms with E-state index in [1.165, 1.54) is 24.3 Å². The molecule has 0 amide bonds. The van der Waals surface area contributed by atoms with Crippen molar-refractivity contribution >= 4 is 32.3 Å². The molecule has 0 aliphatic heterocycles. The molecule has 0 unspecified atom stereocenters. The zero-order chi connectivity index (χ0) is 19.1. The topological polar surface area (TPSA) is 138 Å². The second-order valence-electron chi connectivity index (χ2n) is 5.73. The number of aromatic amines is 1. The summed E-state index contributed by atoms with van der Waals surface area (Å²) in [6.45, 7) is 3.38. The molecule has 0 spiro atoms. The Hall–Kier alpha value is -3.27. The number of aryl methyl sites for hydroxylation is 2. The van der Waals surface area contributed by atoms with Crippen LogP contribution in [0.3, 0.4) is 0 Å². The number of hydrogen-bond acceptors (Lipinski definition) is 6. The lowest BCUT2D eigenvalue weighted by Gasteiger charge is -2.03. The number of aromatic nitrogens is 1. The predicted molar refractivity (Wildman–Crippen MR) is 94.2 cm³/mol. The maximum absolute atomic E-state index is 12.5. The fraction of sp³-hybridized carbons (Fsp3) is 0.125. The van der Waals surface area contributed by atoms with Crippen LogP contribution in [0.1, 0.15) is 11.1 Å². The summed E-state index contributed by atoms with van der Waals surface area (Å²) in [5, 5.41) is 24.7. The van der Waals surface area contributed by atoms with Gasteiger partial charge in [-0.25, -0.2) is 0 Å². The van der Waals surface area contributed by atoms with Crippen LogP contribution in [0.5, 0.6) is 5.88 Å². The molecular weight excluding hydrogens is 360 g/mol. The number of nitro benzene ring substituents is 1. The number of benzene rings is 2. The number of aromatic hydroxyl groups is 1. The van der Waals surface area contributed by atoms with Gasteiger partial charge in [0.15, 0.2) is 5.69 Å². The van der Waals surface area contributed by atoms with Gasteiger partial charge < -0.3 is 10.1 Å². The molecule has 0 saturated heterocycles. The molecule has 10 heteroatoms. The minimum absolute atomic E-state index is 0.00608. The Morgan fingerprint density at radius 1 is 1.15 bits per heavy atom. The number of nitrogens with zero attached hydrogens (tertiary/aromatic N) is 3. The van der Waals surface area contributed by atoms with Crippen LogP contribution >= 0.6 is 0 Å². The van der Waals surface area contributed by atoms with Crippen LogP contribution in [-0.4, -0.2) is 23.4 Å². The van der Waals surface area contributed by atoms with Gasteiger partial charge in [0.25, 0.3) is 15.7 Å². The molecule has 0 radical (unpaired) electrons. The molecule has 2 N–H and O–H groups in total. The fourth-order valence-corrected chi connectivity index (χ4v) is 3.58. The first-order valence-electron chi connectivity index (χ1n) is 7.43. The maximum Gasteiger partial charge on any atom is 0.300 e. The van der Waals surface area contributed by atoms with E-state index in [9.17, 15) is 23.6 Å².